The molecule has 0 amide bonds. The minimum absolute atomic E-state index is 0.0276. The van der Waals surface area contributed by atoms with Gasteiger partial charge in [-0.05, 0) is 22.3 Å². The van der Waals surface area contributed by atoms with Crippen LogP contribution in [0.2, 0.25) is 0 Å². The van der Waals surface area contributed by atoms with Crippen LogP contribution in [0.15, 0.2) is 121 Å². The Bertz CT molecular complexity index is 950. The van der Waals surface area contributed by atoms with Crippen molar-refractivity contribution in [2.75, 3.05) is 0 Å². The average molecular weight is 376 g/mol. The Hall–Kier alpha value is -3.49. The Morgan fingerprint density at radius 3 is 0.862 bits per heavy atom. The summed E-state index contributed by atoms with van der Waals surface area (Å²) in [5, 5.41) is 0. The van der Waals surface area contributed by atoms with Crippen molar-refractivity contribution in [1.82, 2.24) is 0 Å². The zero-order valence-electron chi connectivity index (χ0n) is 15.9. The van der Waals surface area contributed by atoms with Gasteiger partial charge in [0, 0.05) is 0 Å². The topological polar surface area (TPSA) is 26.3 Å². The molecular weight excluding hydrogens is 356 g/mol. The molecule has 0 bridgehead atoms. The molecule has 0 unspecified atom stereocenters. The van der Waals surface area contributed by atoms with E-state index in [4.69, 9.17) is 4.74 Å². The van der Waals surface area contributed by atoms with Gasteiger partial charge in [-0.15, -0.1) is 0 Å². The summed E-state index contributed by atoms with van der Waals surface area (Å²) in [5.74, 6) is 0.0276. The van der Waals surface area contributed by atoms with E-state index in [0.717, 1.165) is 22.3 Å². The van der Waals surface area contributed by atoms with E-state index in [2.05, 4.69) is 0 Å². The highest BCUT2D eigenvalue weighted by Gasteiger charge is 2.68. The van der Waals surface area contributed by atoms with Crippen LogP contribution >= 0.6 is 0 Å². The first-order chi connectivity index (χ1) is 14.3. The molecule has 1 saturated heterocycles. The number of ether oxygens (including phenoxy) is 1. The van der Waals surface area contributed by atoms with Crippen LogP contribution in [0.25, 0.3) is 0 Å². The van der Waals surface area contributed by atoms with Crippen LogP contribution < -0.4 is 0 Å². The summed E-state index contributed by atoms with van der Waals surface area (Å²) in [6, 6.07) is 39.1. The first-order valence-electron chi connectivity index (χ1n) is 9.76. The van der Waals surface area contributed by atoms with Gasteiger partial charge in [-0.25, -0.2) is 0 Å². The number of carbonyl (C=O) groups excluding carboxylic acids is 1. The number of benzene rings is 4. The lowest BCUT2D eigenvalue weighted by Gasteiger charge is -2.55. The summed E-state index contributed by atoms with van der Waals surface area (Å²) < 4.78 is 6.82. The molecule has 140 valence electrons. The maximum Gasteiger partial charge on any atom is 0.214 e. The minimum atomic E-state index is -1.13. The smallest absolute Gasteiger partial charge is 0.214 e. The van der Waals surface area contributed by atoms with Crippen molar-refractivity contribution < 1.29 is 9.53 Å². The van der Waals surface area contributed by atoms with Gasteiger partial charge in [0.1, 0.15) is 0 Å². The number of ketones is 1. The number of carbonyl (C=O) groups is 1. The summed E-state index contributed by atoms with van der Waals surface area (Å²) >= 11 is 0. The molecule has 1 fully saturated rings. The number of Topliss-reactive ketones (excluding diaryl/α,β-unsaturated/α-hetero) is 1. The van der Waals surface area contributed by atoms with Crippen molar-refractivity contribution in [3.05, 3.63) is 144 Å². The molecule has 2 heteroatoms. The van der Waals surface area contributed by atoms with Crippen LogP contribution in [-0.4, -0.2) is 5.78 Å². The van der Waals surface area contributed by atoms with Crippen LogP contribution in [0.1, 0.15) is 22.3 Å². The maximum atomic E-state index is 14.3. The lowest BCUT2D eigenvalue weighted by Crippen LogP contribution is -2.66. The molecule has 0 aromatic heterocycles. The van der Waals surface area contributed by atoms with Gasteiger partial charge in [-0.2, -0.15) is 0 Å². The van der Waals surface area contributed by atoms with Crippen LogP contribution in [0.5, 0.6) is 0 Å². The Balaban J connectivity index is 1.75. The van der Waals surface area contributed by atoms with E-state index >= 15 is 0 Å². The zero-order valence-corrected chi connectivity index (χ0v) is 15.9. The predicted molar refractivity (Wildman–Crippen MR) is 113 cm³/mol. The molecule has 0 atom stereocenters. The van der Waals surface area contributed by atoms with E-state index in [0.29, 0.717) is 0 Å². The highest BCUT2D eigenvalue weighted by atomic mass is 16.6. The molecular formula is C27H20O2. The van der Waals surface area contributed by atoms with E-state index in [-0.39, 0.29) is 5.78 Å². The number of hydrogen-bond acceptors (Lipinski definition) is 2. The van der Waals surface area contributed by atoms with Gasteiger partial charge in [0.15, 0.2) is 11.2 Å². The molecule has 0 spiro atoms. The van der Waals surface area contributed by atoms with E-state index in [1.807, 2.05) is 121 Å². The minimum Gasteiger partial charge on any atom is -0.334 e. The largest absolute Gasteiger partial charge is 0.334 e. The average Bonchev–Trinajstić information content (AvgIpc) is 2.81. The summed E-state index contributed by atoms with van der Waals surface area (Å²) in [6.45, 7) is 0. The molecule has 0 N–H and O–H groups in total. The first-order valence-corrected chi connectivity index (χ1v) is 9.76. The summed E-state index contributed by atoms with van der Waals surface area (Å²) in [6.07, 6.45) is 0. The first kappa shape index (κ1) is 17.6. The maximum absolute atomic E-state index is 14.3. The Morgan fingerprint density at radius 1 is 0.414 bits per heavy atom. The standard InChI is InChI=1S/C27H20O2/c28-25-26(21-13-5-1-6-14-21,22-15-7-2-8-16-22)29-27(25,23-17-9-3-10-18-23)24-19-11-4-12-20-24/h1-20H. The van der Waals surface area contributed by atoms with E-state index in [9.17, 15) is 4.79 Å². The predicted octanol–water partition coefficient (Wildman–Crippen LogP) is 5.47. The lowest BCUT2D eigenvalue weighted by molar-refractivity contribution is -0.222. The second-order valence-corrected chi connectivity index (χ2v) is 7.26. The molecule has 29 heavy (non-hydrogen) atoms. The van der Waals surface area contributed by atoms with Crippen molar-refractivity contribution in [3.63, 3.8) is 0 Å². The molecule has 1 heterocycles. The van der Waals surface area contributed by atoms with Crippen LogP contribution in [-0.2, 0) is 20.7 Å². The van der Waals surface area contributed by atoms with Crippen molar-refractivity contribution in [1.29, 1.82) is 0 Å². The third-order valence-electron chi connectivity index (χ3n) is 5.67. The zero-order chi connectivity index (χ0) is 19.7. The van der Waals surface area contributed by atoms with Gasteiger partial charge in [-0.3, -0.25) is 4.79 Å². The molecule has 1 aliphatic heterocycles. The molecule has 1 aliphatic rings. The summed E-state index contributed by atoms with van der Waals surface area (Å²) in [7, 11) is 0. The Morgan fingerprint density at radius 2 is 0.655 bits per heavy atom. The molecule has 0 saturated carbocycles. The van der Waals surface area contributed by atoms with Gasteiger partial charge in [0.25, 0.3) is 0 Å². The van der Waals surface area contributed by atoms with Crippen molar-refractivity contribution in [3.8, 4) is 0 Å². The Labute approximate surface area is 170 Å². The number of hydrogen-bond donors (Lipinski definition) is 0. The summed E-state index contributed by atoms with van der Waals surface area (Å²) in [5.41, 5.74) is 1.12. The van der Waals surface area contributed by atoms with Gasteiger partial charge in [0.2, 0.25) is 5.78 Å². The third kappa shape index (κ3) is 2.50. The molecule has 4 aromatic rings. The fraction of sp³-hybridized carbons (Fsp3) is 0.0741. The highest BCUT2D eigenvalue weighted by Crippen LogP contribution is 2.57. The second kappa shape index (κ2) is 6.84. The molecule has 4 aromatic carbocycles. The van der Waals surface area contributed by atoms with E-state index < -0.39 is 11.2 Å². The Kier molecular flexibility index (Phi) is 4.15. The molecule has 0 aliphatic carbocycles. The van der Waals surface area contributed by atoms with Crippen LogP contribution in [0.4, 0.5) is 0 Å². The van der Waals surface area contributed by atoms with Crippen LogP contribution in [0.3, 0.4) is 0 Å². The van der Waals surface area contributed by atoms with Gasteiger partial charge in [0.05, 0.1) is 0 Å². The molecule has 2 nitrogen and oxygen atoms in total. The molecule has 0 radical (unpaired) electrons. The van der Waals surface area contributed by atoms with Crippen molar-refractivity contribution in [2.24, 2.45) is 0 Å². The van der Waals surface area contributed by atoms with Crippen molar-refractivity contribution in [2.45, 2.75) is 11.2 Å². The van der Waals surface area contributed by atoms with Gasteiger partial charge < -0.3 is 4.74 Å². The lowest BCUT2D eigenvalue weighted by atomic mass is 9.65. The second-order valence-electron chi connectivity index (χ2n) is 7.26. The normalized spacial score (nSPS) is 16.8. The van der Waals surface area contributed by atoms with Crippen LogP contribution in [0, 0.1) is 0 Å². The fourth-order valence-corrected chi connectivity index (χ4v) is 4.31. The van der Waals surface area contributed by atoms with Crippen molar-refractivity contribution >= 4 is 5.78 Å². The fourth-order valence-electron chi connectivity index (χ4n) is 4.31. The quantitative estimate of drug-likeness (QED) is 0.472. The SMILES string of the molecule is O=C1C(c2ccccc2)(c2ccccc2)OC1(c1ccccc1)c1ccccc1. The van der Waals surface area contributed by atoms with E-state index in [1.165, 1.54) is 0 Å². The molecule has 5 rings (SSSR count). The third-order valence-corrected chi connectivity index (χ3v) is 5.67. The number of rotatable bonds is 4. The monoisotopic (exact) mass is 376 g/mol. The highest BCUT2D eigenvalue weighted by molar-refractivity contribution is 6.06. The van der Waals surface area contributed by atoms with Gasteiger partial charge in [-0.1, -0.05) is 121 Å². The van der Waals surface area contributed by atoms with Gasteiger partial charge >= 0.3 is 0 Å². The van der Waals surface area contributed by atoms with E-state index in [1.54, 1.807) is 0 Å². The summed E-state index contributed by atoms with van der Waals surface area (Å²) in [4.78, 5) is 14.3.